The molecule has 1 amide bonds. The van der Waals surface area contributed by atoms with E-state index in [1.165, 1.54) is 41.7 Å². The van der Waals surface area contributed by atoms with Crippen molar-refractivity contribution in [2.45, 2.75) is 71.8 Å². The zero-order valence-electron chi connectivity index (χ0n) is 27.7. The molecule has 246 valence electrons. The Hall–Kier alpha value is -4.06. The van der Waals surface area contributed by atoms with Crippen LogP contribution in [0.3, 0.4) is 0 Å². The standard InChI is InChI=1S/C34H47N9O3/c1-24-25(2)31-27(26(3)30(24)43(33(44)45)42-16-11-35-23-42)9-10-34(4,46-31)22-38-17-19-40(20-18-38)29-21-28(39-12-5-6-13-39)36-32(37-29)41-14-7-8-15-41/h11,16,21,23H,5-10,12-15,17-20,22H2,1-4H3,(H,44,45). The summed E-state index contributed by atoms with van der Waals surface area (Å²) in [5.74, 6) is 3.93. The van der Waals surface area contributed by atoms with Crippen LogP contribution in [0.25, 0.3) is 0 Å². The van der Waals surface area contributed by atoms with Crippen LogP contribution < -0.4 is 24.4 Å². The van der Waals surface area contributed by atoms with E-state index in [1.807, 2.05) is 20.8 Å². The molecule has 6 heterocycles. The van der Waals surface area contributed by atoms with E-state index in [-0.39, 0.29) is 5.60 Å². The first kappa shape index (κ1) is 30.6. The number of benzene rings is 1. The van der Waals surface area contributed by atoms with E-state index in [0.29, 0.717) is 5.69 Å². The molecular formula is C34H47N9O3. The van der Waals surface area contributed by atoms with Crippen LogP contribution in [-0.2, 0) is 6.42 Å². The highest BCUT2D eigenvalue weighted by molar-refractivity contribution is 5.89. The van der Waals surface area contributed by atoms with E-state index in [9.17, 15) is 9.90 Å². The Balaban J connectivity index is 1.06. The number of ether oxygens (including phenoxy) is 1. The smallest absolute Gasteiger partial charge is 0.431 e. The highest BCUT2D eigenvalue weighted by Gasteiger charge is 2.38. The van der Waals surface area contributed by atoms with E-state index in [2.05, 4.69) is 37.6 Å². The Morgan fingerprint density at radius 2 is 1.52 bits per heavy atom. The number of anilines is 4. The maximum Gasteiger partial charge on any atom is 0.431 e. The van der Waals surface area contributed by atoms with Gasteiger partial charge in [0, 0.05) is 77.4 Å². The summed E-state index contributed by atoms with van der Waals surface area (Å²) in [4.78, 5) is 36.3. The van der Waals surface area contributed by atoms with Gasteiger partial charge in [0.15, 0.2) is 0 Å². The SMILES string of the molecule is Cc1c(C)c(N(C(=O)O)n2ccnc2)c(C)c2c1OC(C)(CN1CCN(c3cc(N4CCCC4)nc(N4CCCC4)n3)CC1)CC2. The number of hydrogen-bond acceptors (Lipinski definition) is 9. The molecule has 3 saturated heterocycles. The largest absolute Gasteiger partial charge is 0.486 e. The highest BCUT2D eigenvalue weighted by atomic mass is 16.5. The average Bonchev–Trinajstić information content (AvgIpc) is 3.86. The van der Waals surface area contributed by atoms with Gasteiger partial charge in [-0.05, 0) is 88.5 Å². The van der Waals surface area contributed by atoms with Gasteiger partial charge in [0.25, 0.3) is 0 Å². The van der Waals surface area contributed by atoms with Crippen molar-refractivity contribution < 1.29 is 14.6 Å². The van der Waals surface area contributed by atoms with Gasteiger partial charge in [-0.15, -0.1) is 0 Å². The zero-order chi connectivity index (χ0) is 32.0. The molecule has 4 aliphatic rings. The summed E-state index contributed by atoms with van der Waals surface area (Å²) in [5, 5.41) is 11.4. The number of piperazine rings is 1. The summed E-state index contributed by atoms with van der Waals surface area (Å²) in [6.07, 6.45) is 10.3. The molecule has 1 atom stereocenters. The number of carboxylic acid groups (broad SMARTS) is 1. The van der Waals surface area contributed by atoms with Crippen LogP contribution in [-0.4, -0.2) is 100 Å². The van der Waals surface area contributed by atoms with Crippen LogP contribution in [0.2, 0.25) is 0 Å². The Kier molecular flexibility index (Phi) is 8.16. The van der Waals surface area contributed by atoms with Gasteiger partial charge >= 0.3 is 6.09 Å². The maximum absolute atomic E-state index is 12.4. The molecule has 46 heavy (non-hydrogen) atoms. The molecule has 0 spiro atoms. The maximum atomic E-state index is 12.4. The number of imidazole rings is 1. The monoisotopic (exact) mass is 629 g/mol. The first-order valence-corrected chi connectivity index (χ1v) is 16.9. The normalized spacial score (nSPS) is 21.9. The second-order valence-electron chi connectivity index (χ2n) is 13.7. The van der Waals surface area contributed by atoms with Gasteiger partial charge in [-0.2, -0.15) is 15.0 Å². The molecule has 7 rings (SSSR count). The van der Waals surface area contributed by atoms with Gasteiger partial charge in [0.05, 0.1) is 5.69 Å². The number of amides is 1. The topological polar surface area (TPSA) is 106 Å². The molecule has 2 aromatic heterocycles. The van der Waals surface area contributed by atoms with E-state index in [0.717, 1.165) is 117 Å². The van der Waals surface area contributed by atoms with Crippen LogP contribution in [0.15, 0.2) is 24.8 Å². The van der Waals surface area contributed by atoms with E-state index in [1.54, 1.807) is 12.4 Å². The molecule has 1 N–H and O–H groups in total. The van der Waals surface area contributed by atoms with Gasteiger partial charge < -0.3 is 24.5 Å². The van der Waals surface area contributed by atoms with Crippen molar-refractivity contribution in [3.05, 3.63) is 47.0 Å². The summed E-state index contributed by atoms with van der Waals surface area (Å²) in [5.41, 5.74) is 4.27. The van der Waals surface area contributed by atoms with Crippen LogP contribution in [0.1, 0.15) is 61.3 Å². The molecule has 3 aromatic rings. The Labute approximate surface area is 271 Å². The third-order valence-corrected chi connectivity index (χ3v) is 10.5. The summed E-state index contributed by atoms with van der Waals surface area (Å²) >= 11 is 0. The number of fused-ring (bicyclic) bond motifs is 1. The summed E-state index contributed by atoms with van der Waals surface area (Å²) in [7, 11) is 0. The van der Waals surface area contributed by atoms with E-state index in [4.69, 9.17) is 14.7 Å². The van der Waals surface area contributed by atoms with Crippen LogP contribution >= 0.6 is 0 Å². The number of carbonyl (C=O) groups is 1. The van der Waals surface area contributed by atoms with Crippen LogP contribution in [0.5, 0.6) is 5.75 Å². The lowest BCUT2D eigenvalue weighted by molar-refractivity contribution is 0.0228. The van der Waals surface area contributed by atoms with E-state index >= 15 is 0 Å². The Bertz CT molecular complexity index is 1540. The molecule has 1 aromatic carbocycles. The molecule has 3 fully saturated rings. The van der Waals surface area contributed by atoms with Gasteiger partial charge in [-0.25, -0.2) is 14.5 Å². The number of hydrogen-bond donors (Lipinski definition) is 1. The summed E-state index contributed by atoms with van der Waals surface area (Å²) in [6, 6.07) is 2.21. The number of rotatable bonds is 7. The fraction of sp³-hybridized carbons (Fsp3) is 0.588. The lowest BCUT2D eigenvalue weighted by atomic mass is 9.86. The fourth-order valence-corrected chi connectivity index (χ4v) is 7.75. The molecule has 0 aliphatic carbocycles. The first-order chi connectivity index (χ1) is 22.2. The van der Waals surface area contributed by atoms with Crippen molar-refractivity contribution in [3.8, 4) is 5.75 Å². The van der Waals surface area contributed by atoms with Crippen molar-refractivity contribution in [1.29, 1.82) is 0 Å². The minimum atomic E-state index is -1.05. The second-order valence-corrected chi connectivity index (χ2v) is 13.7. The van der Waals surface area contributed by atoms with Crippen molar-refractivity contribution in [2.75, 3.05) is 78.6 Å². The van der Waals surface area contributed by atoms with Crippen LogP contribution in [0, 0.1) is 20.8 Å². The quantitative estimate of drug-likeness (QED) is 0.397. The van der Waals surface area contributed by atoms with Crippen molar-refractivity contribution in [1.82, 2.24) is 24.5 Å². The number of nitrogens with zero attached hydrogens (tertiary/aromatic N) is 9. The second kappa shape index (κ2) is 12.3. The van der Waals surface area contributed by atoms with E-state index < -0.39 is 6.09 Å². The molecular weight excluding hydrogens is 582 g/mol. The fourth-order valence-electron chi connectivity index (χ4n) is 7.75. The first-order valence-electron chi connectivity index (χ1n) is 16.9. The minimum Gasteiger partial charge on any atom is -0.486 e. The lowest BCUT2D eigenvalue weighted by Crippen LogP contribution is -2.54. The van der Waals surface area contributed by atoms with Gasteiger partial charge in [0.1, 0.15) is 29.3 Å². The Morgan fingerprint density at radius 3 is 2.13 bits per heavy atom. The molecule has 12 heteroatoms. The number of aromatic nitrogens is 4. The van der Waals surface area contributed by atoms with Gasteiger partial charge in [-0.3, -0.25) is 4.90 Å². The van der Waals surface area contributed by atoms with Crippen molar-refractivity contribution >= 4 is 29.4 Å². The summed E-state index contributed by atoms with van der Waals surface area (Å²) < 4.78 is 8.40. The highest BCUT2D eigenvalue weighted by Crippen LogP contribution is 2.44. The van der Waals surface area contributed by atoms with Gasteiger partial charge in [-0.1, -0.05) is 0 Å². The third kappa shape index (κ3) is 5.72. The predicted molar refractivity (Wildman–Crippen MR) is 180 cm³/mol. The molecule has 0 saturated carbocycles. The van der Waals surface area contributed by atoms with Crippen LogP contribution in [0.4, 0.5) is 28.1 Å². The van der Waals surface area contributed by atoms with Crippen molar-refractivity contribution in [3.63, 3.8) is 0 Å². The molecule has 0 radical (unpaired) electrons. The zero-order valence-corrected chi connectivity index (χ0v) is 27.7. The van der Waals surface area contributed by atoms with Gasteiger partial charge in [0.2, 0.25) is 5.95 Å². The average molecular weight is 630 g/mol. The predicted octanol–water partition coefficient (Wildman–Crippen LogP) is 4.65. The molecule has 0 bridgehead atoms. The third-order valence-electron chi connectivity index (χ3n) is 10.5. The lowest BCUT2D eigenvalue weighted by Gasteiger charge is -2.44. The molecule has 1 unspecified atom stereocenters. The van der Waals surface area contributed by atoms with Crippen molar-refractivity contribution in [2.24, 2.45) is 0 Å². The summed E-state index contributed by atoms with van der Waals surface area (Å²) in [6.45, 7) is 17.1. The molecule has 12 nitrogen and oxygen atoms in total. The minimum absolute atomic E-state index is 0.335. The molecule has 4 aliphatic heterocycles. The Morgan fingerprint density at radius 1 is 0.891 bits per heavy atom.